The second-order valence-electron chi connectivity index (χ2n) is 4.84. The van der Waals surface area contributed by atoms with Crippen LogP contribution in [0.15, 0.2) is 53.4 Å². The molecule has 23 heavy (non-hydrogen) atoms. The lowest BCUT2D eigenvalue weighted by atomic mass is 10.1. The van der Waals surface area contributed by atoms with Gasteiger partial charge in [0.2, 0.25) is 0 Å². The zero-order valence-corrected chi connectivity index (χ0v) is 13.4. The minimum Gasteiger partial charge on any atom is -0.248 e. The van der Waals surface area contributed by atoms with Crippen molar-refractivity contribution in [3.8, 4) is 0 Å². The van der Waals surface area contributed by atoms with Crippen molar-refractivity contribution in [2.24, 2.45) is 0 Å². The summed E-state index contributed by atoms with van der Waals surface area (Å²) in [6, 6.07) is 9.95. The van der Waals surface area contributed by atoms with E-state index in [0.29, 0.717) is 0 Å². The van der Waals surface area contributed by atoms with Crippen molar-refractivity contribution in [2.45, 2.75) is 24.1 Å². The first kappa shape index (κ1) is 17.8. The van der Waals surface area contributed by atoms with E-state index in [9.17, 15) is 21.6 Å². The molecule has 2 aromatic rings. The molecule has 0 saturated carbocycles. The Morgan fingerprint density at radius 3 is 2.00 bits per heavy atom. The predicted molar refractivity (Wildman–Crippen MR) is 79.7 cm³/mol. The molecule has 0 N–H and O–H groups in total. The summed E-state index contributed by atoms with van der Waals surface area (Å²) in [5.41, 5.74) is 0.423. The van der Waals surface area contributed by atoms with Gasteiger partial charge in [0.15, 0.2) is 6.10 Å². The monoisotopic (exact) mass is 364 g/mol. The van der Waals surface area contributed by atoms with Crippen LogP contribution in [0, 0.1) is 6.92 Å². The van der Waals surface area contributed by atoms with Crippen molar-refractivity contribution in [1.29, 1.82) is 0 Å². The van der Waals surface area contributed by atoms with Gasteiger partial charge in [0, 0.05) is 5.02 Å². The first-order valence-corrected chi connectivity index (χ1v) is 8.20. The highest BCUT2D eigenvalue weighted by molar-refractivity contribution is 7.86. The number of alkyl halides is 3. The first-order chi connectivity index (χ1) is 10.6. The van der Waals surface area contributed by atoms with Crippen LogP contribution in [0.5, 0.6) is 0 Å². The summed E-state index contributed by atoms with van der Waals surface area (Å²) in [4.78, 5) is -0.341. The lowest BCUT2D eigenvalue weighted by molar-refractivity contribution is -0.196. The Hall–Kier alpha value is -1.57. The Morgan fingerprint density at radius 1 is 1.00 bits per heavy atom. The summed E-state index contributed by atoms with van der Waals surface area (Å²) >= 11 is 5.63. The van der Waals surface area contributed by atoms with Crippen LogP contribution in [-0.4, -0.2) is 14.6 Å². The number of hydrogen-bond donors (Lipinski definition) is 0. The van der Waals surface area contributed by atoms with Crippen LogP contribution < -0.4 is 0 Å². The highest BCUT2D eigenvalue weighted by atomic mass is 35.5. The minimum atomic E-state index is -4.90. The summed E-state index contributed by atoms with van der Waals surface area (Å²) in [6.07, 6.45) is -7.50. The zero-order valence-electron chi connectivity index (χ0n) is 11.8. The molecule has 0 saturated heterocycles. The van der Waals surface area contributed by atoms with E-state index in [0.717, 1.165) is 17.7 Å². The summed E-state index contributed by atoms with van der Waals surface area (Å²) < 4.78 is 68.2. The smallest absolute Gasteiger partial charge is 0.248 e. The van der Waals surface area contributed by atoms with Gasteiger partial charge in [-0.25, -0.2) is 4.18 Å². The standard InChI is InChI=1S/C15H12ClF3O3S/c1-10-2-8-13(9-3-10)23(20,21)22-14(15(17,18)19)11-4-6-12(16)7-5-11/h2-9,14H,1H3. The maximum Gasteiger partial charge on any atom is 0.420 e. The third-order valence-corrected chi connectivity index (χ3v) is 4.55. The van der Waals surface area contributed by atoms with Crippen LogP contribution in [0.4, 0.5) is 13.2 Å². The van der Waals surface area contributed by atoms with E-state index in [1.54, 1.807) is 6.92 Å². The van der Waals surface area contributed by atoms with E-state index in [-0.39, 0.29) is 15.5 Å². The lowest BCUT2D eigenvalue weighted by Gasteiger charge is -2.20. The van der Waals surface area contributed by atoms with Gasteiger partial charge in [-0.15, -0.1) is 0 Å². The molecule has 0 radical (unpaired) electrons. The molecule has 0 bridgehead atoms. The van der Waals surface area contributed by atoms with Crippen molar-refractivity contribution in [3.05, 3.63) is 64.7 Å². The SMILES string of the molecule is Cc1ccc(S(=O)(=O)OC(c2ccc(Cl)cc2)C(F)(F)F)cc1. The van der Waals surface area contributed by atoms with Crippen LogP contribution in [0.1, 0.15) is 17.2 Å². The molecular formula is C15H12ClF3O3S. The van der Waals surface area contributed by atoms with Gasteiger partial charge in [-0.1, -0.05) is 41.4 Å². The van der Waals surface area contributed by atoms with Gasteiger partial charge < -0.3 is 0 Å². The van der Waals surface area contributed by atoms with E-state index in [4.69, 9.17) is 11.6 Å². The summed E-state index contributed by atoms with van der Waals surface area (Å²) in [7, 11) is -4.57. The summed E-state index contributed by atoms with van der Waals surface area (Å²) in [5.74, 6) is 0. The fraction of sp³-hybridized carbons (Fsp3) is 0.200. The van der Waals surface area contributed by atoms with E-state index in [2.05, 4.69) is 4.18 Å². The molecule has 2 aromatic carbocycles. The molecule has 0 aliphatic heterocycles. The van der Waals surface area contributed by atoms with Gasteiger partial charge in [-0.05, 0) is 36.8 Å². The fourth-order valence-corrected chi connectivity index (χ4v) is 3.00. The Morgan fingerprint density at radius 2 is 1.52 bits per heavy atom. The second kappa shape index (κ2) is 6.51. The van der Waals surface area contributed by atoms with E-state index in [1.807, 2.05) is 0 Å². The van der Waals surface area contributed by atoms with E-state index >= 15 is 0 Å². The molecule has 0 spiro atoms. The lowest BCUT2D eigenvalue weighted by Crippen LogP contribution is -2.26. The van der Waals surface area contributed by atoms with Crippen molar-refractivity contribution in [1.82, 2.24) is 0 Å². The minimum absolute atomic E-state index is 0.232. The van der Waals surface area contributed by atoms with E-state index < -0.39 is 22.4 Å². The number of aryl methyl sites for hydroxylation is 1. The van der Waals surface area contributed by atoms with Crippen molar-refractivity contribution < 1.29 is 25.8 Å². The Bertz CT molecular complexity index is 769. The van der Waals surface area contributed by atoms with Gasteiger partial charge >= 0.3 is 6.18 Å². The summed E-state index contributed by atoms with van der Waals surface area (Å²) in [6.45, 7) is 1.73. The fourth-order valence-electron chi connectivity index (χ4n) is 1.82. The van der Waals surface area contributed by atoms with Gasteiger partial charge in [0.1, 0.15) is 0 Å². The van der Waals surface area contributed by atoms with Gasteiger partial charge in [0.05, 0.1) is 4.90 Å². The highest BCUT2D eigenvalue weighted by Gasteiger charge is 2.45. The van der Waals surface area contributed by atoms with Crippen LogP contribution in [0.2, 0.25) is 5.02 Å². The Balaban J connectivity index is 2.38. The quantitative estimate of drug-likeness (QED) is 0.741. The Labute approximate surface area is 136 Å². The summed E-state index contributed by atoms with van der Waals surface area (Å²) in [5, 5.41) is 0.232. The molecule has 0 amide bonds. The maximum absolute atomic E-state index is 13.2. The number of hydrogen-bond acceptors (Lipinski definition) is 3. The molecular weight excluding hydrogens is 353 g/mol. The molecule has 1 atom stereocenters. The molecule has 3 nitrogen and oxygen atoms in total. The van der Waals surface area contributed by atoms with Crippen molar-refractivity contribution in [2.75, 3.05) is 0 Å². The van der Waals surface area contributed by atoms with Crippen LogP contribution in [0.3, 0.4) is 0 Å². The number of halogens is 4. The highest BCUT2D eigenvalue weighted by Crippen LogP contribution is 2.38. The molecule has 2 rings (SSSR count). The number of rotatable bonds is 4. The largest absolute Gasteiger partial charge is 0.420 e. The predicted octanol–water partition coefficient (Wildman–Crippen LogP) is 4.66. The zero-order chi connectivity index (χ0) is 17.3. The van der Waals surface area contributed by atoms with Crippen molar-refractivity contribution >= 4 is 21.7 Å². The van der Waals surface area contributed by atoms with Crippen LogP contribution in [-0.2, 0) is 14.3 Å². The molecule has 0 aliphatic carbocycles. The molecule has 0 heterocycles. The molecule has 0 aromatic heterocycles. The molecule has 1 unspecified atom stereocenters. The normalized spacial score (nSPS) is 13.8. The molecule has 0 fully saturated rings. The molecule has 0 aliphatic rings. The average Bonchev–Trinajstić information content (AvgIpc) is 2.45. The van der Waals surface area contributed by atoms with Gasteiger partial charge in [0.25, 0.3) is 10.1 Å². The van der Waals surface area contributed by atoms with Gasteiger partial charge in [-0.3, -0.25) is 0 Å². The van der Waals surface area contributed by atoms with Crippen LogP contribution >= 0.6 is 11.6 Å². The maximum atomic E-state index is 13.2. The topological polar surface area (TPSA) is 43.4 Å². The van der Waals surface area contributed by atoms with Gasteiger partial charge in [-0.2, -0.15) is 21.6 Å². The van der Waals surface area contributed by atoms with E-state index in [1.165, 1.54) is 36.4 Å². The number of benzene rings is 2. The first-order valence-electron chi connectivity index (χ1n) is 6.42. The molecule has 8 heteroatoms. The average molecular weight is 365 g/mol. The molecule has 124 valence electrons. The van der Waals surface area contributed by atoms with Crippen molar-refractivity contribution in [3.63, 3.8) is 0 Å². The van der Waals surface area contributed by atoms with Crippen LogP contribution in [0.25, 0.3) is 0 Å². The Kier molecular flexibility index (Phi) is 5.03. The third kappa shape index (κ3) is 4.46. The third-order valence-electron chi connectivity index (χ3n) is 3.00. The second-order valence-corrected chi connectivity index (χ2v) is 6.85.